The molecule has 2 aromatic rings. The number of carbonyl (C=O) groups excluding carboxylic acids is 2. The summed E-state index contributed by atoms with van der Waals surface area (Å²) in [6.45, 7) is 7.16. The van der Waals surface area contributed by atoms with E-state index >= 15 is 0 Å². The predicted molar refractivity (Wildman–Crippen MR) is 147 cm³/mol. The molecule has 0 aliphatic rings. The molecule has 0 spiro atoms. The van der Waals surface area contributed by atoms with Gasteiger partial charge in [0.2, 0.25) is 0 Å². The van der Waals surface area contributed by atoms with Crippen molar-refractivity contribution < 1.29 is 37.4 Å². The Morgan fingerprint density at radius 1 is 0.900 bits per heavy atom. The number of imidazole rings is 1. The van der Waals surface area contributed by atoms with Gasteiger partial charge in [-0.25, -0.2) is 15.0 Å². The third-order valence-electron chi connectivity index (χ3n) is 6.45. The maximum Gasteiger partial charge on any atom is 0.356 e. The Labute approximate surface area is 233 Å². The normalized spacial score (nSPS) is 14.9. The van der Waals surface area contributed by atoms with Crippen molar-refractivity contribution in [3.63, 3.8) is 0 Å². The van der Waals surface area contributed by atoms with Crippen LogP contribution in [0.5, 0.6) is 0 Å². The summed E-state index contributed by atoms with van der Waals surface area (Å²) in [4.78, 5) is 36.4. The third kappa shape index (κ3) is 10.1. The molecule has 0 radical (unpaired) electrons. The van der Waals surface area contributed by atoms with E-state index in [1.54, 1.807) is 10.9 Å². The first-order valence-corrected chi connectivity index (χ1v) is 15.0. The van der Waals surface area contributed by atoms with Gasteiger partial charge in [-0.1, -0.05) is 40.5 Å². The number of nitrogen functional groups attached to an aromatic ring is 1. The summed E-state index contributed by atoms with van der Waals surface area (Å²) in [6, 6.07) is -1.54. The third-order valence-corrected chi connectivity index (χ3v) is 8.10. The van der Waals surface area contributed by atoms with Crippen LogP contribution in [0.2, 0.25) is 0 Å². The lowest BCUT2D eigenvalue weighted by atomic mass is 10.0. The van der Waals surface area contributed by atoms with Crippen LogP contribution in [0.15, 0.2) is 12.7 Å². The van der Waals surface area contributed by atoms with Crippen LogP contribution in [0.1, 0.15) is 40.5 Å². The van der Waals surface area contributed by atoms with Gasteiger partial charge in [0.15, 0.2) is 11.5 Å². The summed E-state index contributed by atoms with van der Waals surface area (Å²) < 4.78 is 41.8. The van der Waals surface area contributed by atoms with Crippen molar-refractivity contribution in [3.8, 4) is 0 Å². The van der Waals surface area contributed by atoms with Gasteiger partial charge in [-0.2, -0.15) is 0 Å². The molecule has 2 rings (SSSR count). The molecule has 15 nitrogen and oxygen atoms in total. The summed E-state index contributed by atoms with van der Waals surface area (Å²) in [7, 11) is -3.84. The van der Waals surface area contributed by atoms with Crippen LogP contribution in [0.25, 0.3) is 11.2 Å². The quantitative estimate of drug-likeness (QED) is 0.120. The lowest BCUT2D eigenvalue weighted by molar-refractivity contribution is -0.147. The van der Waals surface area contributed by atoms with E-state index in [9.17, 15) is 14.2 Å². The highest BCUT2D eigenvalue weighted by Gasteiger charge is 2.27. The molecule has 40 heavy (non-hydrogen) atoms. The van der Waals surface area contributed by atoms with Crippen molar-refractivity contribution >= 4 is 36.5 Å². The average molecular weight is 588 g/mol. The Morgan fingerprint density at radius 3 is 1.98 bits per heavy atom. The second-order valence-electron chi connectivity index (χ2n) is 9.34. The molecular formula is C24H42N7O8P. The Balaban J connectivity index is 1.89. The highest BCUT2D eigenvalue weighted by molar-refractivity contribution is 7.53. The molecule has 0 saturated heterocycles. The van der Waals surface area contributed by atoms with Gasteiger partial charge in [0.25, 0.3) is 0 Å². The molecule has 0 aromatic carbocycles. The largest absolute Gasteiger partial charge is 0.462 e. The fourth-order valence-electron chi connectivity index (χ4n) is 3.32. The monoisotopic (exact) mass is 587 g/mol. The Bertz CT molecular complexity index is 1090. The lowest BCUT2D eigenvalue weighted by Gasteiger charge is -2.20. The Kier molecular flexibility index (Phi) is 13.9. The fraction of sp³-hybridized carbons (Fsp3) is 0.708. The van der Waals surface area contributed by atoms with Crippen molar-refractivity contribution in [3.05, 3.63) is 12.7 Å². The lowest BCUT2D eigenvalue weighted by Crippen LogP contribution is -2.38. The van der Waals surface area contributed by atoms with Crippen LogP contribution in [0, 0.1) is 11.8 Å². The second-order valence-corrected chi connectivity index (χ2v) is 11.3. The molecule has 0 saturated carbocycles. The topological polar surface area (TPSA) is 219 Å². The number of fused-ring (bicyclic) bond motifs is 1. The molecule has 0 aliphatic heterocycles. The second kappa shape index (κ2) is 16.6. The molecule has 2 aromatic heterocycles. The smallest absolute Gasteiger partial charge is 0.356 e. The summed E-state index contributed by atoms with van der Waals surface area (Å²) in [5.41, 5.74) is 18.5. The van der Waals surface area contributed by atoms with Crippen molar-refractivity contribution in [1.29, 1.82) is 0 Å². The number of nitrogens with two attached hydrogens (primary N) is 3. The molecule has 0 fully saturated rings. The maximum absolute atomic E-state index is 13.3. The average Bonchev–Trinajstić information content (AvgIpc) is 3.38. The van der Waals surface area contributed by atoms with E-state index in [2.05, 4.69) is 15.0 Å². The van der Waals surface area contributed by atoms with Crippen LogP contribution in [0.3, 0.4) is 0 Å². The molecular weight excluding hydrogens is 545 g/mol. The summed E-state index contributed by atoms with van der Waals surface area (Å²) in [6.07, 6.45) is 3.90. The van der Waals surface area contributed by atoms with Gasteiger partial charge in [-0.15, -0.1) is 0 Å². The number of hydrogen-bond acceptors (Lipinski definition) is 14. The Hall–Kier alpha value is -2.68. The first kappa shape index (κ1) is 33.5. The fourth-order valence-corrected chi connectivity index (χ4v) is 4.60. The van der Waals surface area contributed by atoms with E-state index < -0.39 is 38.0 Å². The number of anilines is 1. The van der Waals surface area contributed by atoms with E-state index in [-0.39, 0.29) is 50.7 Å². The van der Waals surface area contributed by atoms with Crippen LogP contribution in [-0.2, 0) is 44.0 Å². The van der Waals surface area contributed by atoms with Crippen molar-refractivity contribution in [2.75, 3.05) is 45.1 Å². The molecule has 226 valence electrons. The molecule has 4 atom stereocenters. The number of carbonyl (C=O) groups is 2. The van der Waals surface area contributed by atoms with Gasteiger partial charge in [-0.3, -0.25) is 14.2 Å². The van der Waals surface area contributed by atoms with E-state index in [1.807, 2.05) is 27.7 Å². The van der Waals surface area contributed by atoms with Crippen LogP contribution in [0.4, 0.5) is 5.82 Å². The van der Waals surface area contributed by atoms with Gasteiger partial charge in [0.05, 0.1) is 26.1 Å². The molecule has 0 unspecified atom stereocenters. The zero-order chi connectivity index (χ0) is 29.7. The van der Waals surface area contributed by atoms with Gasteiger partial charge < -0.3 is 45.0 Å². The SMILES string of the molecule is CC[C@H](C)[C@H](N)C(=O)OCCOP(=O)(COCCn1cnc2c(N)ncnc21)OCCOC(=O)[C@@H](N)[C@@H](C)CC. The van der Waals surface area contributed by atoms with E-state index in [0.717, 1.165) is 12.8 Å². The maximum atomic E-state index is 13.3. The van der Waals surface area contributed by atoms with E-state index in [4.69, 9.17) is 40.5 Å². The minimum Gasteiger partial charge on any atom is -0.462 e. The molecule has 6 N–H and O–H groups in total. The summed E-state index contributed by atoms with van der Waals surface area (Å²) in [5, 5.41) is 0. The highest BCUT2D eigenvalue weighted by atomic mass is 31.2. The van der Waals surface area contributed by atoms with Crippen molar-refractivity contribution in [2.24, 2.45) is 23.3 Å². The predicted octanol–water partition coefficient (Wildman–Crippen LogP) is 1.44. The molecule has 0 aliphatic carbocycles. The molecule has 16 heteroatoms. The summed E-state index contributed by atoms with van der Waals surface area (Å²) >= 11 is 0. The van der Waals surface area contributed by atoms with Gasteiger partial charge in [-0.05, 0) is 11.8 Å². The molecule has 0 amide bonds. The standard InChI is InChI=1S/C24H42N7O8P/c1-5-16(3)18(25)23(32)36-9-11-38-40(34,39-12-10-37-24(33)19(26)17(4)6-2)15-35-8-7-31-14-30-20-21(27)28-13-29-22(20)31/h13-14,16-19H,5-12,15,25-26H2,1-4H3,(H2,27,28,29)/t16-,17-,18-,19-/m0/s1. The summed E-state index contributed by atoms with van der Waals surface area (Å²) in [5.74, 6) is -1.00. The number of ether oxygens (including phenoxy) is 3. The number of rotatable bonds is 19. The number of nitrogens with zero attached hydrogens (tertiary/aromatic N) is 4. The van der Waals surface area contributed by atoms with Gasteiger partial charge in [0, 0.05) is 6.54 Å². The number of aromatic nitrogens is 4. The van der Waals surface area contributed by atoms with E-state index in [0.29, 0.717) is 17.7 Å². The minimum atomic E-state index is -3.84. The molecule has 0 bridgehead atoms. The minimum absolute atomic E-state index is 0.0529. The van der Waals surface area contributed by atoms with Crippen molar-refractivity contribution in [2.45, 2.75) is 59.2 Å². The van der Waals surface area contributed by atoms with Crippen molar-refractivity contribution in [1.82, 2.24) is 19.5 Å². The number of esters is 2. The van der Waals surface area contributed by atoms with Crippen LogP contribution < -0.4 is 17.2 Å². The first-order chi connectivity index (χ1) is 19.0. The van der Waals surface area contributed by atoms with Gasteiger partial charge in [0.1, 0.15) is 43.5 Å². The number of hydrogen-bond donors (Lipinski definition) is 3. The van der Waals surface area contributed by atoms with Crippen LogP contribution >= 0.6 is 7.60 Å². The molecule has 2 heterocycles. The zero-order valence-corrected chi connectivity index (χ0v) is 24.5. The van der Waals surface area contributed by atoms with E-state index in [1.165, 1.54) is 6.33 Å². The zero-order valence-electron chi connectivity index (χ0n) is 23.6. The highest BCUT2D eigenvalue weighted by Crippen LogP contribution is 2.48. The van der Waals surface area contributed by atoms with Crippen LogP contribution in [-0.4, -0.2) is 82.9 Å². The Morgan fingerprint density at radius 2 is 1.45 bits per heavy atom. The first-order valence-electron chi connectivity index (χ1n) is 13.2. The van der Waals surface area contributed by atoms with Gasteiger partial charge >= 0.3 is 19.5 Å².